The van der Waals surface area contributed by atoms with Gasteiger partial charge in [-0.3, -0.25) is 9.59 Å². The van der Waals surface area contributed by atoms with E-state index in [1.807, 2.05) is 30.1 Å². The Morgan fingerprint density at radius 1 is 1.33 bits per heavy atom. The molecule has 2 saturated heterocycles. The van der Waals surface area contributed by atoms with Gasteiger partial charge in [-0.25, -0.2) is 0 Å². The lowest BCUT2D eigenvalue weighted by molar-refractivity contribution is -0.137. The molecule has 0 aliphatic carbocycles. The normalized spacial score (nSPS) is 24.5. The third-order valence-electron chi connectivity index (χ3n) is 4.94. The lowest BCUT2D eigenvalue weighted by Crippen LogP contribution is -2.45. The molecule has 0 radical (unpaired) electrons. The molecule has 0 saturated carbocycles. The van der Waals surface area contributed by atoms with Gasteiger partial charge >= 0.3 is 0 Å². The zero-order chi connectivity index (χ0) is 17.1. The topological polar surface area (TPSA) is 52.7 Å². The summed E-state index contributed by atoms with van der Waals surface area (Å²) in [4.78, 5) is 28.8. The van der Waals surface area contributed by atoms with Crippen LogP contribution in [0.1, 0.15) is 19.3 Å². The van der Waals surface area contributed by atoms with E-state index in [9.17, 15) is 9.59 Å². The number of rotatable bonds is 4. The number of anilines is 1. The van der Waals surface area contributed by atoms with Crippen molar-refractivity contribution < 1.29 is 9.59 Å². The van der Waals surface area contributed by atoms with E-state index in [1.54, 1.807) is 11.0 Å². The number of nitrogens with one attached hydrogen (secondary N) is 1. The van der Waals surface area contributed by atoms with E-state index in [1.165, 1.54) is 0 Å². The Kier molecular flexibility index (Phi) is 5.41. The smallest absolute Gasteiger partial charge is 0.228 e. The summed E-state index contributed by atoms with van der Waals surface area (Å²) >= 11 is 6.20. The predicted octanol–water partition coefficient (Wildman–Crippen LogP) is 2.15. The summed E-state index contributed by atoms with van der Waals surface area (Å²) < 4.78 is 0. The van der Waals surface area contributed by atoms with Crippen molar-refractivity contribution in [1.29, 1.82) is 0 Å². The third-order valence-corrected chi connectivity index (χ3v) is 5.26. The molecular weight excluding hydrogens is 326 g/mol. The number of benzene rings is 1. The number of carbonyl (C=O) groups is 2. The molecule has 130 valence electrons. The maximum absolute atomic E-state index is 12.9. The maximum Gasteiger partial charge on any atom is 0.228 e. The summed E-state index contributed by atoms with van der Waals surface area (Å²) in [7, 11) is 1.94. The Morgan fingerprint density at radius 2 is 2.12 bits per heavy atom. The average molecular weight is 350 g/mol. The first-order chi connectivity index (χ1) is 11.6. The molecule has 1 aromatic rings. The van der Waals surface area contributed by atoms with Gasteiger partial charge in [0.05, 0.1) is 16.6 Å². The van der Waals surface area contributed by atoms with Gasteiger partial charge in [-0.15, -0.1) is 0 Å². The van der Waals surface area contributed by atoms with Gasteiger partial charge in [0.1, 0.15) is 0 Å². The van der Waals surface area contributed by atoms with Crippen molar-refractivity contribution in [3.05, 3.63) is 29.3 Å². The molecule has 0 bridgehead atoms. The van der Waals surface area contributed by atoms with Crippen LogP contribution in [0.2, 0.25) is 5.02 Å². The fraction of sp³-hybridized carbons (Fsp3) is 0.556. The molecule has 24 heavy (non-hydrogen) atoms. The van der Waals surface area contributed by atoms with Crippen LogP contribution >= 0.6 is 11.6 Å². The molecule has 2 amide bonds. The number of halogens is 1. The number of carbonyl (C=O) groups excluding carboxylic acids is 2. The number of para-hydroxylation sites is 1. The third kappa shape index (κ3) is 3.57. The van der Waals surface area contributed by atoms with Gasteiger partial charge in [-0.05, 0) is 44.5 Å². The van der Waals surface area contributed by atoms with Crippen molar-refractivity contribution in [2.24, 2.45) is 11.8 Å². The monoisotopic (exact) mass is 349 g/mol. The second kappa shape index (κ2) is 7.53. The Labute approximate surface area is 147 Å². The standard InChI is InChI=1S/C18H24ClN3O2/c1-20-10-13-5-4-8-21(11-13)18(24)14-9-17(23)22(12-14)16-7-3-2-6-15(16)19/h2-3,6-7,13-14,20H,4-5,8-12H2,1H3. The summed E-state index contributed by atoms with van der Waals surface area (Å²) in [5.74, 6) is 0.329. The van der Waals surface area contributed by atoms with E-state index >= 15 is 0 Å². The molecule has 0 spiro atoms. The largest absolute Gasteiger partial charge is 0.342 e. The fourth-order valence-corrected chi connectivity index (χ4v) is 3.99. The molecule has 2 aliphatic rings. The molecule has 2 fully saturated rings. The summed E-state index contributed by atoms with van der Waals surface area (Å²) in [6.07, 6.45) is 2.46. The second-order valence-electron chi connectivity index (χ2n) is 6.71. The van der Waals surface area contributed by atoms with Crippen LogP contribution in [0.15, 0.2) is 24.3 Å². The minimum absolute atomic E-state index is 0.0229. The maximum atomic E-state index is 12.9. The van der Waals surface area contributed by atoms with E-state index < -0.39 is 0 Å². The Bertz CT molecular complexity index is 620. The van der Waals surface area contributed by atoms with E-state index in [0.29, 0.717) is 23.2 Å². The Morgan fingerprint density at radius 3 is 2.88 bits per heavy atom. The first-order valence-corrected chi connectivity index (χ1v) is 8.96. The van der Waals surface area contributed by atoms with E-state index in [2.05, 4.69) is 5.32 Å². The van der Waals surface area contributed by atoms with E-state index in [-0.39, 0.29) is 24.2 Å². The van der Waals surface area contributed by atoms with Crippen molar-refractivity contribution in [2.45, 2.75) is 19.3 Å². The van der Waals surface area contributed by atoms with Gasteiger partial charge in [0.2, 0.25) is 11.8 Å². The van der Waals surface area contributed by atoms with E-state index in [4.69, 9.17) is 11.6 Å². The molecule has 6 heteroatoms. The molecule has 3 rings (SSSR count). The number of likely N-dealkylation sites (tertiary alicyclic amines) is 1. The minimum atomic E-state index is -0.262. The van der Waals surface area contributed by atoms with Gasteiger partial charge in [-0.2, -0.15) is 0 Å². The fourth-order valence-electron chi connectivity index (χ4n) is 3.76. The van der Waals surface area contributed by atoms with Crippen LogP contribution < -0.4 is 10.2 Å². The number of hydrogen-bond donors (Lipinski definition) is 1. The molecule has 2 atom stereocenters. The quantitative estimate of drug-likeness (QED) is 0.906. The Balaban J connectivity index is 1.67. The summed E-state index contributed by atoms with van der Waals surface area (Å²) in [5.41, 5.74) is 0.700. The van der Waals surface area contributed by atoms with Crippen molar-refractivity contribution in [2.75, 3.05) is 38.1 Å². The highest BCUT2D eigenvalue weighted by atomic mass is 35.5. The highest BCUT2D eigenvalue weighted by Gasteiger charge is 2.38. The first-order valence-electron chi connectivity index (χ1n) is 8.58. The SMILES string of the molecule is CNCC1CCCN(C(=O)C2CC(=O)N(c3ccccc3Cl)C2)C1. The molecular formula is C18H24ClN3O2. The van der Waals surface area contributed by atoms with E-state index in [0.717, 1.165) is 32.5 Å². The molecule has 2 heterocycles. The zero-order valence-electron chi connectivity index (χ0n) is 14.0. The van der Waals surface area contributed by atoms with Gasteiger partial charge in [0.25, 0.3) is 0 Å². The molecule has 1 aromatic carbocycles. The number of hydrogen-bond acceptors (Lipinski definition) is 3. The lowest BCUT2D eigenvalue weighted by Gasteiger charge is -2.34. The number of amides is 2. The molecule has 0 aromatic heterocycles. The van der Waals surface area contributed by atoms with Crippen LogP contribution in [0.25, 0.3) is 0 Å². The van der Waals surface area contributed by atoms with Crippen molar-refractivity contribution in [1.82, 2.24) is 10.2 Å². The molecule has 5 nitrogen and oxygen atoms in total. The molecule has 1 N–H and O–H groups in total. The number of nitrogens with zero attached hydrogens (tertiary/aromatic N) is 2. The molecule has 2 unspecified atom stereocenters. The highest BCUT2D eigenvalue weighted by molar-refractivity contribution is 6.33. The molecule has 2 aliphatic heterocycles. The zero-order valence-corrected chi connectivity index (χ0v) is 14.8. The van der Waals surface area contributed by atoms with Crippen LogP contribution in [-0.4, -0.2) is 49.9 Å². The van der Waals surface area contributed by atoms with Gasteiger partial charge < -0.3 is 15.1 Å². The second-order valence-corrected chi connectivity index (χ2v) is 7.11. The summed E-state index contributed by atoms with van der Waals surface area (Å²) in [6, 6.07) is 7.30. The predicted molar refractivity (Wildman–Crippen MR) is 95.1 cm³/mol. The summed E-state index contributed by atoms with van der Waals surface area (Å²) in [6.45, 7) is 2.94. The van der Waals surface area contributed by atoms with Crippen LogP contribution in [0.3, 0.4) is 0 Å². The van der Waals surface area contributed by atoms with Crippen molar-refractivity contribution in [3.63, 3.8) is 0 Å². The van der Waals surface area contributed by atoms with Gasteiger partial charge in [0.15, 0.2) is 0 Å². The first kappa shape index (κ1) is 17.2. The van der Waals surface area contributed by atoms with Crippen molar-refractivity contribution >= 4 is 29.1 Å². The van der Waals surface area contributed by atoms with Crippen LogP contribution in [-0.2, 0) is 9.59 Å². The van der Waals surface area contributed by atoms with Crippen LogP contribution in [0.5, 0.6) is 0 Å². The van der Waals surface area contributed by atoms with Crippen LogP contribution in [0.4, 0.5) is 5.69 Å². The number of piperidine rings is 1. The Hall–Kier alpha value is -1.59. The van der Waals surface area contributed by atoms with Crippen LogP contribution in [0, 0.1) is 11.8 Å². The lowest BCUT2D eigenvalue weighted by atomic mass is 9.96. The summed E-state index contributed by atoms with van der Waals surface area (Å²) in [5, 5.41) is 3.74. The minimum Gasteiger partial charge on any atom is -0.342 e. The van der Waals surface area contributed by atoms with Gasteiger partial charge in [0, 0.05) is 26.1 Å². The average Bonchev–Trinajstić information content (AvgIpc) is 2.97. The van der Waals surface area contributed by atoms with Crippen molar-refractivity contribution in [3.8, 4) is 0 Å². The van der Waals surface area contributed by atoms with Gasteiger partial charge in [-0.1, -0.05) is 23.7 Å². The highest BCUT2D eigenvalue weighted by Crippen LogP contribution is 2.32.